The summed E-state index contributed by atoms with van der Waals surface area (Å²) < 4.78 is 52.8. The van der Waals surface area contributed by atoms with Crippen molar-refractivity contribution in [3.8, 4) is 11.5 Å². The van der Waals surface area contributed by atoms with Crippen LogP contribution in [0.4, 0.5) is 19.0 Å². The van der Waals surface area contributed by atoms with Crippen molar-refractivity contribution in [2.24, 2.45) is 0 Å². The number of nitrogens with one attached hydrogen (secondary N) is 2. The van der Waals surface area contributed by atoms with Crippen molar-refractivity contribution >= 4 is 11.7 Å². The number of benzene rings is 1. The van der Waals surface area contributed by atoms with Crippen molar-refractivity contribution in [2.75, 3.05) is 12.1 Å². The molecule has 1 aromatic carbocycles. The first-order valence-electron chi connectivity index (χ1n) is 9.39. The lowest BCUT2D eigenvalue weighted by Gasteiger charge is -2.34. The Morgan fingerprint density at radius 2 is 2.14 bits per heavy atom. The molecule has 2 aliphatic heterocycles. The van der Waals surface area contributed by atoms with Gasteiger partial charge in [0, 0.05) is 12.5 Å². The molecule has 0 spiro atoms. The van der Waals surface area contributed by atoms with Crippen LogP contribution in [0, 0.1) is 0 Å². The van der Waals surface area contributed by atoms with Gasteiger partial charge < -0.3 is 20.1 Å². The number of anilines is 1. The highest BCUT2D eigenvalue weighted by Crippen LogP contribution is 2.45. The fourth-order valence-electron chi connectivity index (χ4n) is 3.48. The molecule has 2 aliphatic rings. The topological polar surface area (TPSA) is 77.4 Å². The van der Waals surface area contributed by atoms with Crippen LogP contribution in [0.2, 0.25) is 0 Å². The first kappa shape index (κ1) is 19.4. The number of nitrogens with zero attached hydrogens (tertiary/aromatic N) is 2. The molecule has 0 bridgehead atoms. The van der Waals surface area contributed by atoms with Gasteiger partial charge in [0.05, 0.1) is 12.2 Å². The largest absolute Gasteiger partial charge is 0.454 e. The molecular formula is C19H21F3N4O3. The lowest BCUT2D eigenvalue weighted by Crippen LogP contribution is -2.37. The van der Waals surface area contributed by atoms with E-state index in [1.54, 1.807) is 18.2 Å². The fraction of sp³-hybridized carbons (Fsp3) is 0.474. The number of halogens is 3. The van der Waals surface area contributed by atoms with Crippen LogP contribution in [-0.2, 0) is 0 Å². The van der Waals surface area contributed by atoms with Gasteiger partial charge in [-0.05, 0) is 31.0 Å². The van der Waals surface area contributed by atoms with Gasteiger partial charge in [0.1, 0.15) is 11.4 Å². The van der Waals surface area contributed by atoms with Gasteiger partial charge in [-0.1, -0.05) is 13.0 Å². The van der Waals surface area contributed by atoms with Crippen LogP contribution in [0.15, 0.2) is 24.4 Å². The molecule has 156 valence electrons. The first-order valence-corrected chi connectivity index (χ1v) is 9.39. The fourth-order valence-corrected chi connectivity index (χ4v) is 3.48. The predicted octanol–water partition coefficient (Wildman–Crippen LogP) is 3.80. The summed E-state index contributed by atoms with van der Waals surface area (Å²) in [5.74, 6) is 0.639. The van der Waals surface area contributed by atoms with Crippen LogP contribution in [0.1, 0.15) is 54.7 Å². The second kappa shape index (κ2) is 7.16. The molecule has 0 saturated carbocycles. The van der Waals surface area contributed by atoms with Gasteiger partial charge in [0.15, 0.2) is 17.5 Å². The molecule has 7 nitrogen and oxygen atoms in total. The number of carbonyl (C=O) groups excluding carboxylic acids is 1. The standard InChI is InChI=1S/C19H21F3N4O3/c1-3-10(2)24-18(27)12-8-23-26-16(19(20,21)22)7-13(25-17(12)26)11-4-5-14-15(6-11)29-9-28-14/h4-6,8,10,13,16,25H,3,7,9H2,1-2H3,(H,24,27)/t10-,13+,16+/m1/s1. The Labute approximate surface area is 165 Å². The van der Waals surface area contributed by atoms with E-state index in [1.807, 2.05) is 13.8 Å². The smallest absolute Gasteiger partial charge is 0.410 e. The highest BCUT2D eigenvalue weighted by atomic mass is 19.4. The Balaban J connectivity index is 1.70. The lowest BCUT2D eigenvalue weighted by molar-refractivity contribution is -0.173. The summed E-state index contributed by atoms with van der Waals surface area (Å²) in [6, 6.07) is 2.41. The Bertz CT molecular complexity index is 928. The van der Waals surface area contributed by atoms with E-state index in [0.717, 1.165) is 4.68 Å². The molecule has 4 rings (SSSR count). The van der Waals surface area contributed by atoms with Gasteiger partial charge >= 0.3 is 6.18 Å². The van der Waals surface area contributed by atoms with Gasteiger partial charge in [-0.2, -0.15) is 18.3 Å². The molecule has 3 heterocycles. The van der Waals surface area contributed by atoms with Crippen molar-refractivity contribution in [1.29, 1.82) is 0 Å². The van der Waals surface area contributed by atoms with Crippen LogP contribution in [-0.4, -0.2) is 34.7 Å². The van der Waals surface area contributed by atoms with E-state index < -0.39 is 24.2 Å². The lowest BCUT2D eigenvalue weighted by atomic mass is 9.96. The van der Waals surface area contributed by atoms with E-state index >= 15 is 0 Å². The summed E-state index contributed by atoms with van der Waals surface area (Å²) in [5, 5.41) is 9.72. The van der Waals surface area contributed by atoms with E-state index in [9.17, 15) is 18.0 Å². The molecule has 1 aromatic heterocycles. The summed E-state index contributed by atoms with van der Waals surface area (Å²) in [7, 11) is 0. The molecule has 10 heteroatoms. The van der Waals surface area contributed by atoms with Crippen LogP contribution >= 0.6 is 0 Å². The normalized spacial score (nSPS) is 21.3. The molecule has 2 aromatic rings. The highest BCUT2D eigenvalue weighted by Gasteiger charge is 2.47. The number of aromatic nitrogens is 2. The Morgan fingerprint density at radius 1 is 1.38 bits per heavy atom. The Morgan fingerprint density at radius 3 is 2.86 bits per heavy atom. The number of hydrogen-bond acceptors (Lipinski definition) is 5. The summed E-state index contributed by atoms with van der Waals surface area (Å²) in [4.78, 5) is 12.6. The summed E-state index contributed by atoms with van der Waals surface area (Å²) in [5.41, 5.74) is 0.703. The molecule has 29 heavy (non-hydrogen) atoms. The first-order chi connectivity index (χ1) is 13.8. The van der Waals surface area contributed by atoms with Crippen molar-refractivity contribution in [2.45, 2.75) is 51.0 Å². The van der Waals surface area contributed by atoms with Gasteiger partial charge in [-0.25, -0.2) is 4.68 Å². The number of fused-ring (bicyclic) bond motifs is 2. The van der Waals surface area contributed by atoms with Gasteiger partial charge in [-0.3, -0.25) is 4.79 Å². The molecule has 0 unspecified atom stereocenters. The van der Waals surface area contributed by atoms with Crippen LogP contribution in [0.25, 0.3) is 0 Å². The zero-order chi connectivity index (χ0) is 20.8. The van der Waals surface area contributed by atoms with Crippen molar-refractivity contribution < 1.29 is 27.4 Å². The minimum Gasteiger partial charge on any atom is -0.454 e. The number of carbonyl (C=O) groups is 1. The summed E-state index contributed by atoms with van der Waals surface area (Å²) in [6.45, 7) is 3.82. The zero-order valence-corrected chi connectivity index (χ0v) is 15.9. The molecule has 2 N–H and O–H groups in total. The number of alkyl halides is 3. The maximum atomic E-state index is 13.8. The number of rotatable bonds is 4. The monoisotopic (exact) mass is 410 g/mol. The summed E-state index contributed by atoms with van der Waals surface area (Å²) >= 11 is 0. The van der Waals surface area contributed by atoms with Crippen molar-refractivity contribution in [3.63, 3.8) is 0 Å². The second-order valence-corrected chi connectivity index (χ2v) is 7.24. The van der Waals surface area contributed by atoms with Crippen LogP contribution in [0.5, 0.6) is 11.5 Å². The Hall–Kier alpha value is -2.91. The number of amides is 1. The minimum absolute atomic E-state index is 0.0574. The quantitative estimate of drug-likeness (QED) is 0.802. The van der Waals surface area contributed by atoms with E-state index in [-0.39, 0.29) is 30.6 Å². The molecule has 3 atom stereocenters. The molecule has 1 amide bonds. The SMILES string of the molecule is CC[C@@H](C)NC(=O)c1cnn2c1N[C@H](c1ccc3c(c1)OCO3)C[C@H]2C(F)(F)F. The molecule has 0 saturated heterocycles. The Kier molecular flexibility index (Phi) is 4.79. The maximum absolute atomic E-state index is 13.8. The van der Waals surface area contributed by atoms with Crippen LogP contribution in [0.3, 0.4) is 0 Å². The third-order valence-corrected chi connectivity index (χ3v) is 5.27. The number of hydrogen-bond donors (Lipinski definition) is 2. The third kappa shape index (κ3) is 3.58. The van der Waals surface area contributed by atoms with E-state index in [4.69, 9.17) is 9.47 Å². The van der Waals surface area contributed by atoms with E-state index in [1.165, 1.54) is 6.20 Å². The predicted molar refractivity (Wildman–Crippen MR) is 98.1 cm³/mol. The number of ether oxygens (including phenoxy) is 2. The average molecular weight is 410 g/mol. The zero-order valence-electron chi connectivity index (χ0n) is 15.9. The molecule has 0 fully saturated rings. The van der Waals surface area contributed by atoms with Gasteiger partial charge in [0.2, 0.25) is 6.79 Å². The minimum atomic E-state index is -4.51. The van der Waals surface area contributed by atoms with Crippen molar-refractivity contribution in [1.82, 2.24) is 15.1 Å². The third-order valence-electron chi connectivity index (χ3n) is 5.27. The maximum Gasteiger partial charge on any atom is 0.410 e. The van der Waals surface area contributed by atoms with E-state index in [0.29, 0.717) is 23.5 Å². The van der Waals surface area contributed by atoms with Crippen LogP contribution < -0.4 is 20.1 Å². The molecule has 0 radical (unpaired) electrons. The van der Waals surface area contributed by atoms with Gasteiger partial charge in [-0.15, -0.1) is 0 Å². The van der Waals surface area contributed by atoms with E-state index in [2.05, 4.69) is 15.7 Å². The summed E-state index contributed by atoms with van der Waals surface area (Å²) in [6.07, 6.45) is -2.89. The van der Waals surface area contributed by atoms with Crippen molar-refractivity contribution in [3.05, 3.63) is 35.5 Å². The second-order valence-electron chi connectivity index (χ2n) is 7.24. The molecular weight excluding hydrogens is 389 g/mol. The average Bonchev–Trinajstić information content (AvgIpc) is 3.32. The molecule has 0 aliphatic carbocycles. The highest BCUT2D eigenvalue weighted by molar-refractivity contribution is 5.99. The van der Waals surface area contributed by atoms with Gasteiger partial charge in [0.25, 0.3) is 5.91 Å².